The zero-order valence-electron chi connectivity index (χ0n) is 12.1. The topological polar surface area (TPSA) is 101 Å². The van der Waals surface area contributed by atoms with Crippen molar-refractivity contribution in [2.24, 2.45) is 0 Å². The van der Waals surface area contributed by atoms with Crippen molar-refractivity contribution in [3.8, 4) is 6.07 Å². The van der Waals surface area contributed by atoms with Crippen LogP contribution in [0.25, 0.3) is 0 Å². The highest BCUT2D eigenvalue weighted by Crippen LogP contribution is 2.28. The molecule has 1 aliphatic rings. The third kappa shape index (κ3) is 3.95. The van der Waals surface area contributed by atoms with Gasteiger partial charge in [-0.05, 0) is 31.7 Å². The van der Waals surface area contributed by atoms with Crippen LogP contribution in [-0.2, 0) is 20.9 Å². The summed E-state index contributed by atoms with van der Waals surface area (Å²) < 4.78 is 6.03. The molecule has 1 amide bonds. The average Bonchev–Trinajstić information content (AvgIpc) is 2.97. The Balaban J connectivity index is 1.81. The Morgan fingerprint density at radius 2 is 2.09 bits per heavy atom. The molecule has 0 atom stereocenters. The molecule has 7 nitrogen and oxygen atoms in total. The van der Waals surface area contributed by atoms with Gasteiger partial charge in [0.2, 0.25) is 0 Å². The Hall–Kier alpha value is -2.62. The van der Waals surface area contributed by atoms with E-state index < -0.39 is 24.0 Å². The lowest BCUT2D eigenvalue weighted by Gasteiger charge is -2.21. The standard InChI is InChI=1S/C15H17N3O4/c16-11-15(6-2-3-7-15)17-12(19)10-22-14(21)9-18-8-4-1-5-13(18)20/h1,4-5,8H,2-3,6-7,9-10H2,(H,17,19). The number of nitrogens with one attached hydrogen (secondary N) is 1. The van der Waals surface area contributed by atoms with Gasteiger partial charge in [0.05, 0.1) is 6.07 Å². The lowest BCUT2D eigenvalue weighted by atomic mass is 10.00. The Morgan fingerprint density at radius 1 is 1.36 bits per heavy atom. The summed E-state index contributed by atoms with van der Waals surface area (Å²) in [6, 6.07) is 6.65. The first-order chi connectivity index (χ1) is 10.5. The number of nitrogens with zero attached hydrogens (tertiary/aromatic N) is 2. The van der Waals surface area contributed by atoms with Gasteiger partial charge in [-0.1, -0.05) is 6.07 Å². The highest BCUT2D eigenvalue weighted by atomic mass is 16.5. The van der Waals surface area contributed by atoms with Gasteiger partial charge in [-0.3, -0.25) is 14.4 Å². The van der Waals surface area contributed by atoms with Gasteiger partial charge < -0.3 is 14.6 Å². The van der Waals surface area contributed by atoms with Gasteiger partial charge in [-0.15, -0.1) is 0 Å². The first-order valence-corrected chi connectivity index (χ1v) is 7.08. The third-order valence-corrected chi connectivity index (χ3v) is 3.61. The maximum atomic E-state index is 11.8. The van der Waals surface area contributed by atoms with Crippen molar-refractivity contribution >= 4 is 11.9 Å². The van der Waals surface area contributed by atoms with Gasteiger partial charge >= 0.3 is 5.97 Å². The molecular formula is C15H17N3O4. The molecule has 0 unspecified atom stereocenters. The van der Waals surface area contributed by atoms with E-state index in [2.05, 4.69) is 11.4 Å². The molecule has 1 aliphatic carbocycles. The normalized spacial score (nSPS) is 15.8. The van der Waals surface area contributed by atoms with Crippen LogP contribution in [-0.4, -0.2) is 28.6 Å². The van der Waals surface area contributed by atoms with E-state index in [1.165, 1.54) is 16.8 Å². The van der Waals surface area contributed by atoms with Crippen molar-refractivity contribution in [3.63, 3.8) is 0 Å². The van der Waals surface area contributed by atoms with Gasteiger partial charge in [0.1, 0.15) is 12.1 Å². The first kappa shape index (κ1) is 15.8. The molecule has 0 aromatic carbocycles. The van der Waals surface area contributed by atoms with E-state index in [1.807, 2.05) is 0 Å². The summed E-state index contributed by atoms with van der Waals surface area (Å²) in [7, 11) is 0. The zero-order valence-corrected chi connectivity index (χ0v) is 12.1. The number of aromatic nitrogens is 1. The number of pyridine rings is 1. The summed E-state index contributed by atoms with van der Waals surface area (Å²) >= 11 is 0. The number of hydrogen-bond donors (Lipinski definition) is 1. The zero-order chi connectivity index (χ0) is 16.0. The van der Waals surface area contributed by atoms with Crippen LogP contribution in [0.1, 0.15) is 25.7 Å². The second kappa shape index (κ2) is 6.89. The molecule has 0 spiro atoms. The Labute approximate surface area is 127 Å². The number of ether oxygens (including phenoxy) is 1. The van der Waals surface area contributed by atoms with Crippen LogP contribution in [0.15, 0.2) is 29.2 Å². The number of amides is 1. The molecular weight excluding hydrogens is 286 g/mol. The molecule has 0 saturated heterocycles. The number of carbonyl (C=O) groups is 2. The van der Waals surface area contributed by atoms with Gasteiger partial charge in [0.15, 0.2) is 6.61 Å². The molecule has 7 heteroatoms. The van der Waals surface area contributed by atoms with Crippen LogP contribution in [0, 0.1) is 11.3 Å². The van der Waals surface area contributed by atoms with Crippen LogP contribution < -0.4 is 10.9 Å². The van der Waals surface area contributed by atoms with E-state index in [4.69, 9.17) is 10.00 Å². The van der Waals surface area contributed by atoms with E-state index in [0.717, 1.165) is 12.8 Å². The minimum absolute atomic E-state index is 0.254. The van der Waals surface area contributed by atoms with Crippen LogP contribution in [0.4, 0.5) is 0 Å². The van der Waals surface area contributed by atoms with E-state index in [1.54, 1.807) is 12.1 Å². The molecule has 1 N–H and O–H groups in total. The molecule has 1 aromatic rings. The minimum atomic E-state index is -0.833. The average molecular weight is 303 g/mol. The van der Waals surface area contributed by atoms with Crippen molar-refractivity contribution in [2.45, 2.75) is 37.8 Å². The Kier molecular flexibility index (Phi) is 4.94. The van der Waals surface area contributed by atoms with Gasteiger partial charge in [0.25, 0.3) is 11.5 Å². The van der Waals surface area contributed by atoms with Crippen molar-refractivity contribution in [1.82, 2.24) is 9.88 Å². The lowest BCUT2D eigenvalue weighted by molar-refractivity contribution is -0.149. The fourth-order valence-corrected chi connectivity index (χ4v) is 2.47. The predicted molar refractivity (Wildman–Crippen MR) is 76.6 cm³/mol. The SMILES string of the molecule is N#CC1(NC(=O)COC(=O)Cn2ccccc2=O)CCCC1. The largest absolute Gasteiger partial charge is 0.454 e. The molecule has 0 radical (unpaired) electrons. The van der Waals surface area contributed by atoms with Crippen molar-refractivity contribution in [1.29, 1.82) is 5.26 Å². The summed E-state index contributed by atoms with van der Waals surface area (Å²) in [6.45, 7) is -0.708. The summed E-state index contributed by atoms with van der Waals surface area (Å²) in [6.07, 6.45) is 4.48. The van der Waals surface area contributed by atoms with Crippen molar-refractivity contribution in [3.05, 3.63) is 34.7 Å². The maximum Gasteiger partial charge on any atom is 0.326 e. The second-order valence-corrected chi connectivity index (χ2v) is 5.28. The smallest absolute Gasteiger partial charge is 0.326 e. The molecule has 22 heavy (non-hydrogen) atoms. The van der Waals surface area contributed by atoms with Crippen LogP contribution >= 0.6 is 0 Å². The number of rotatable bonds is 5. The number of carbonyl (C=O) groups excluding carboxylic acids is 2. The van der Waals surface area contributed by atoms with E-state index in [-0.39, 0.29) is 12.1 Å². The Bertz CT molecular complexity index is 653. The molecule has 116 valence electrons. The number of hydrogen-bond acceptors (Lipinski definition) is 5. The van der Waals surface area contributed by atoms with Crippen LogP contribution in [0.5, 0.6) is 0 Å². The third-order valence-electron chi connectivity index (χ3n) is 3.61. The van der Waals surface area contributed by atoms with Gasteiger partial charge in [-0.25, -0.2) is 0 Å². The van der Waals surface area contributed by atoms with E-state index in [0.29, 0.717) is 12.8 Å². The van der Waals surface area contributed by atoms with Crippen LogP contribution in [0.2, 0.25) is 0 Å². The molecule has 0 aliphatic heterocycles. The van der Waals surface area contributed by atoms with E-state index >= 15 is 0 Å². The summed E-state index contributed by atoms with van der Waals surface area (Å²) in [5, 5.41) is 11.8. The minimum Gasteiger partial charge on any atom is -0.454 e. The first-order valence-electron chi connectivity index (χ1n) is 7.08. The molecule has 1 fully saturated rings. The highest BCUT2D eigenvalue weighted by molar-refractivity contribution is 5.81. The monoisotopic (exact) mass is 303 g/mol. The van der Waals surface area contributed by atoms with Gasteiger partial charge in [-0.2, -0.15) is 5.26 Å². The van der Waals surface area contributed by atoms with Gasteiger partial charge in [0, 0.05) is 12.3 Å². The fraction of sp³-hybridized carbons (Fsp3) is 0.467. The molecule has 1 aromatic heterocycles. The number of nitriles is 1. The molecule has 0 bridgehead atoms. The fourth-order valence-electron chi connectivity index (χ4n) is 2.47. The lowest BCUT2D eigenvalue weighted by Crippen LogP contribution is -2.46. The summed E-state index contributed by atoms with van der Waals surface area (Å²) in [4.78, 5) is 34.9. The molecule has 1 saturated carbocycles. The quantitative estimate of drug-likeness (QED) is 0.791. The Morgan fingerprint density at radius 3 is 2.73 bits per heavy atom. The summed E-state index contributed by atoms with van der Waals surface area (Å²) in [5.74, 6) is -1.18. The van der Waals surface area contributed by atoms with Crippen molar-refractivity contribution < 1.29 is 14.3 Å². The highest BCUT2D eigenvalue weighted by Gasteiger charge is 2.35. The number of esters is 1. The molecule has 1 heterocycles. The van der Waals surface area contributed by atoms with Crippen LogP contribution in [0.3, 0.4) is 0 Å². The molecule has 2 rings (SSSR count). The van der Waals surface area contributed by atoms with Crippen molar-refractivity contribution in [2.75, 3.05) is 6.61 Å². The summed E-state index contributed by atoms with van der Waals surface area (Å²) in [5.41, 5.74) is -1.15. The second-order valence-electron chi connectivity index (χ2n) is 5.28. The maximum absolute atomic E-state index is 11.8. The predicted octanol–water partition coefficient (Wildman–Crippen LogP) is 0.344. The van der Waals surface area contributed by atoms with E-state index in [9.17, 15) is 14.4 Å².